The number of carbonyl (C=O) groups excluding carboxylic acids is 3. The van der Waals surface area contributed by atoms with Crippen LogP contribution in [-0.4, -0.2) is 22.7 Å². The summed E-state index contributed by atoms with van der Waals surface area (Å²) in [6.07, 6.45) is 1.37. The summed E-state index contributed by atoms with van der Waals surface area (Å²) in [4.78, 5) is 35.1. The smallest absolute Gasteiger partial charge is 0.307 e. The SMILES string of the molecule is CC(=O)O/C=C(\C#N)N1C(=O)C2CC2(C)C1=O. The largest absolute Gasteiger partial charge is 0.432 e. The van der Waals surface area contributed by atoms with Gasteiger partial charge in [-0.15, -0.1) is 0 Å². The molecule has 0 radical (unpaired) electrons. The number of esters is 1. The van der Waals surface area contributed by atoms with Gasteiger partial charge in [-0.3, -0.25) is 14.4 Å². The monoisotopic (exact) mass is 234 g/mol. The summed E-state index contributed by atoms with van der Waals surface area (Å²) in [7, 11) is 0. The third kappa shape index (κ3) is 1.51. The molecule has 17 heavy (non-hydrogen) atoms. The van der Waals surface area contributed by atoms with Crippen LogP contribution >= 0.6 is 0 Å². The normalized spacial score (nSPS) is 31.0. The molecule has 2 rings (SSSR count). The fraction of sp³-hybridized carbons (Fsp3) is 0.455. The Morgan fingerprint density at radius 3 is 2.71 bits per heavy atom. The zero-order valence-electron chi connectivity index (χ0n) is 9.39. The Labute approximate surface area is 97.4 Å². The Bertz CT molecular complexity index is 502. The van der Waals surface area contributed by atoms with Crippen LogP contribution in [0.4, 0.5) is 0 Å². The number of nitrogens with zero attached hydrogens (tertiary/aromatic N) is 2. The number of ether oxygens (including phenoxy) is 1. The molecule has 1 heterocycles. The molecule has 6 nitrogen and oxygen atoms in total. The first-order valence-corrected chi connectivity index (χ1v) is 5.07. The van der Waals surface area contributed by atoms with Gasteiger partial charge in [0, 0.05) is 6.92 Å². The molecule has 0 spiro atoms. The Balaban J connectivity index is 2.26. The van der Waals surface area contributed by atoms with E-state index in [1.54, 1.807) is 13.0 Å². The van der Waals surface area contributed by atoms with E-state index in [1.165, 1.54) is 0 Å². The maximum atomic E-state index is 11.9. The maximum Gasteiger partial charge on any atom is 0.307 e. The van der Waals surface area contributed by atoms with Crippen LogP contribution in [-0.2, 0) is 19.1 Å². The van der Waals surface area contributed by atoms with E-state index in [-0.39, 0.29) is 11.6 Å². The molecule has 2 fully saturated rings. The van der Waals surface area contributed by atoms with Crippen molar-refractivity contribution in [2.45, 2.75) is 20.3 Å². The third-order valence-electron chi connectivity index (χ3n) is 3.14. The highest BCUT2D eigenvalue weighted by Gasteiger charge is 2.69. The van der Waals surface area contributed by atoms with E-state index >= 15 is 0 Å². The molecule has 6 heteroatoms. The minimum atomic E-state index is -0.663. The lowest BCUT2D eigenvalue weighted by molar-refractivity contribution is -0.141. The summed E-state index contributed by atoms with van der Waals surface area (Å²) < 4.78 is 4.52. The number of carbonyl (C=O) groups is 3. The predicted octanol–water partition coefficient (Wildman–Crippen LogP) is 0.309. The number of nitriles is 1. The lowest BCUT2D eigenvalue weighted by Gasteiger charge is -2.15. The standard InChI is InChI=1S/C11H10N2O4/c1-6(14)17-5-7(4-12)13-9(15)8-3-11(8,2)10(13)16/h5,8H,3H2,1-2H3/b7-5+. The number of fused-ring (bicyclic) bond motifs is 1. The van der Waals surface area contributed by atoms with Gasteiger partial charge >= 0.3 is 5.97 Å². The van der Waals surface area contributed by atoms with Crippen molar-refractivity contribution in [1.29, 1.82) is 5.26 Å². The molecule has 1 saturated carbocycles. The minimum absolute atomic E-state index is 0.247. The van der Waals surface area contributed by atoms with Crippen molar-refractivity contribution in [3.05, 3.63) is 12.0 Å². The summed E-state index contributed by atoms with van der Waals surface area (Å²) in [5.74, 6) is -1.73. The van der Waals surface area contributed by atoms with E-state index in [2.05, 4.69) is 4.74 Å². The number of imide groups is 1. The van der Waals surface area contributed by atoms with Gasteiger partial charge in [0.05, 0.1) is 11.3 Å². The lowest BCUT2D eigenvalue weighted by atomic mass is 10.1. The molecule has 2 aliphatic rings. The number of amides is 2. The number of hydrogen-bond acceptors (Lipinski definition) is 5. The Kier molecular flexibility index (Phi) is 2.28. The highest BCUT2D eigenvalue weighted by molar-refractivity contribution is 6.13. The zero-order chi connectivity index (χ0) is 12.8. The number of allylic oxidation sites excluding steroid dienone is 1. The summed E-state index contributed by atoms with van der Waals surface area (Å²) in [5.41, 5.74) is -0.910. The van der Waals surface area contributed by atoms with Crippen molar-refractivity contribution in [1.82, 2.24) is 4.90 Å². The summed E-state index contributed by atoms with van der Waals surface area (Å²) in [6, 6.07) is 1.69. The molecular weight excluding hydrogens is 224 g/mol. The lowest BCUT2D eigenvalue weighted by Crippen LogP contribution is -2.33. The number of rotatable bonds is 2. The van der Waals surface area contributed by atoms with Crippen LogP contribution in [0.1, 0.15) is 20.3 Å². The van der Waals surface area contributed by atoms with E-state index in [9.17, 15) is 14.4 Å². The second-order valence-electron chi connectivity index (χ2n) is 4.38. The number of hydrogen-bond donors (Lipinski definition) is 0. The molecule has 1 aliphatic carbocycles. The van der Waals surface area contributed by atoms with Crippen LogP contribution in [0.3, 0.4) is 0 Å². The van der Waals surface area contributed by atoms with E-state index in [0.29, 0.717) is 6.42 Å². The molecule has 1 aliphatic heterocycles. The van der Waals surface area contributed by atoms with Crippen LogP contribution in [0, 0.1) is 22.7 Å². The van der Waals surface area contributed by atoms with Crippen LogP contribution in [0.25, 0.3) is 0 Å². The predicted molar refractivity (Wildman–Crippen MR) is 53.5 cm³/mol. The fourth-order valence-electron chi connectivity index (χ4n) is 1.97. The Morgan fingerprint density at radius 1 is 1.65 bits per heavy atom. The Morgan fingerprint density at radius 2 is 2.29 bits per heavy atom. The van der Waals surface area contributed by atoms with Crippen molar-refractivity contribution in [2.75, 3.05) is 0 Å². The number of likely N-dealkylation sites (tertiary alicyclic amines) is 1. The molecule has 2 unspecified atom stereocenters. The molecule has 88 valence electrons. The van der Waals surface area contributed by atoms with Gasteiger partial charge in [-0.25, -0.2) is 4.90 Å². The Hall–Kier alpha value is -2.16. The van der Waals surface area contributed by atoms with Crippen molar-refractivity contribution in [3.8, 4) is 6.07 Å². The second kappa shape index (κ2) is 3.42. The van der Waals surface area contributed by atoms with Crippen LogP contribution < -0.4 is 0 Å². The average molecular weight is 234 g/mol. The summed E-state index contributed by atoms with van der Waals surface area (Å²) in [5, 5.41) is 8.86. The van der Waals surface area contributed by atoms with Gasteiger partial charge in [0.1, 0.15) is 12.3 Å². The van der Waals surface area contributed by atoms with Gasteiger partial charge in [-0.1, -0.05) is 0 Å². The summed E-state index contributed by atoms with van der Waals surface area (Å²) in [6.45, 7) is 2.86. The summed E-state index contributed by atoms with van der Waals surface area (Å²) >= 11 is 0. The van der Waals surface area contributed by atoms with Gasteiger partial charge in [0.2, 0.25) is 11.8 Å². The van der Waals surface area contributed by atoms with E-state index < -0.39 is 23.2 Å². The van der Waals surface area contributed by atoms with Crippen LogP contribution in [0.15, 0.2) is 12.0 Å². The van der Waals surface area contributed by atoms with E-state index in [0.717, 1.165) is 18.1 Å². The molecule has 1 saturated heterocycles. The highest BCUT2D eigenvalue weighted by Crippen LogP contribution is 2.59. The molecule has 0 aromatic rings. The second-order valence-corrected chi connectivity index (χ2v) is 4.38. The molecular formula is C11H10N2O4. The first kappa shape index (κ1) is 11.3. The molecule has 2 amide bonds. The third-order valence-corrected chi connectivity index (χ3v) is 3.14. The fourth-order valence-corrected chi connectivity index (χ4v) is 1.97. The van der Waals surface area contributed by atoms with Gasteiger partial charge < -0.3 is 4.74 Å². The average Bonchev–Trinajstić information content (AvgIpc) is 2.91. The van der Waals surface area contributed by atoms with Crippen molar-refractivity contribution in [3.63, 3.8) is 0 Å². The zero-order valence-corrected chi connectivity index (χ0v) is 9.39. The van der Waals surface area contributed by atoms with Crippen LogP contribution in [0.2, 0.25) is 0 Å². The van der Waals surface area contributed by atoms with E-state index in [4.69, 9.17) is 5.26 Å². The highest BCUT2D eigenvalue weighted by atomic mass is 16.5. The van der Waals surface area contributed by atoms with Gasteiger partial charge in [-0.2, -0.15) is 5.26 Å². The van der Waals surface area contributed by atoms with Crippen LogP contribution in [0.5, 0.6) is 0 Å². The van der Waals surface area contributed by atoms with E-state index in [1.807, 2.05) is 0 Å². The quantitative estimate of drug-likeness (QED) is 0.297. The maximum absolute atomic E-state index is 11.9. The first-order valence-electron chi connectivity index (χ1n) is 5.07. The minimum Gasteiger partial charge on any atom is -0.432 e. The molecule has 0 aromatic heterocycles. The van der Waals surface area contributed by atoms with Gasteiger partial charge in [0.25, 0.3) is 0 Å². The molecule has 2 atom stereocenters. The van der Waals surface area contributed by atoms with Crippen molar-refractivity contribution in [2.24, 2.45) is 11.3 Å². The molecule has 0 aromatic carbocycles. The number of piperidine rings is 1. The van der Waals surface area contributed by atoms with Gasteiger partial charge in [0.15, 0.2) is 5.70 Å². The first-order chi connectivity index (χ1) is 7.91. The topological polar surface area (TPSA) is 87.5 Å². The van der Waals surface area contributed by atoms with Crippen molar-refractivity contribution < 1.29 is 19.1 Å². The molecule has 0 N–H and O–H groups in total. The molecule has 0 bridgehead atoms. The van der Waals surface area contributed by atoms with Gasteiger partial charge in [-0.05, 0) is 13.3 Å². The van der Waals surface area contributed by atoms with Crippen molar-refractivity contribution >= 4 is 17.8 Å².